The number of carbonyl (C=O) groups is 3. The lowest BCUT2D eigenvalue weighted by atomic mass is 9.52. The molecule has 330 valence electrons. The number of phenols is 3. The molecule has 6 fully saturated rings. The number of ketones is 3. The first-order valence-corrected chi connectivity index (χ1v) is 23.6. The van der Waals surface area contributed by atoms with E-state index in [2.05, 4.69) is 35.8 Å². The number of Topliss-reactive ketones (excluding diaryl/α,β-unsaturated/α-hetero) is 3. The van der Waals surface area contributed by atoms with Crippen LogP contribution in [0, 0.1) is 17.8 Å². The Kier molecular flexibility index (Phi) is 8.00. The van der Waals surface area contributed by atoms with Crippen molar-refractivity contribution in [3.8, 4) is 34.5 Å². The molecule has 3 saturated carbocycles. The Morgan fingerprint density at radius 2 is 0.762 bits per heavy atom. The summed E-state index contributed by atoms with van der Waals surface area (Å²) in [5.41, 5.74) is 6.78. The van der Waals surface area contributed by atoms with Gasteiger partial charge < -0.3 is 44.2 Å². The maximum absolute atomic E-state index is 12.5. The van der Waals surface area contributed by atoms with E-state index in [-0.39, 0.29) is 69.2 Å². The van der Waals surface area contributed by atoms with Crippen LogP contribution in [-0.4, -0.2) is 125 Å². The van der Waals surface area contributed by atoms with Crippen molar-refractivity contribution in [1.29, 1.82) is 0 Å². The van der Waals surface area contributed by atoms with Crippen LogP contribution in [0.15, 0.2) is 36.4 Å². The molecule has 0 radical (unpaired) electrons. The van der Waals surface area contributed by atoms with E-state index in [1.807, 2.05) is 18.2 Å². The smallest absolute Gasteiger partial charge is 0.174 e. The van der Waals surface area contributed by atoms with Gasteiger partial charge in [-0.25, -0.2) is 0 Å². The van der Waals surface area contributed by atoms with Crippen LogP contribution in [0.3, 0.4) is 0 Å². The number of benzene rings is 3. The predicted molar refractivity (Wildman–Crippen MR) is 230 cm³/mol. The summed E-state index contributed by atoms with van der Waals surface area (Å²) in [4.78, 5) is 44.8. The first-order valence-electron chi connectivity index (χ1n) is 23.6. The first kappa shape index (κ1) is 38.8. The van der Waals surface area contributed by atoms with Crippen molar-refractivity contribution in [2.75, 3.05) is 40.8 Å². The fraction of sp³-hybridized carbons (Fsp3) is 0.588. The van der Waals surface area contributed by atoms with Gasteiger partial charge in [0, 0.05) is 70.3 Å². The van der Waals surface area contributed by atoms with Crippen molar-refractivity contribution in [2.24, 2.45) is 17.8 Å². The molecule has 6 aliphatic heterocycles. The highest BCUT2D eigenvalue weighted by molar-refractivity contribution is 5.91. The SMILES string of the molecule is CN1CC[C@]23c4c5ccc(O)c4O[C@H]2C(=O)CC[C@H]3[C@H]1C5.CN1CC[C@]23c4c5ccc(O)c4O[C@H]2C(=O)CC[C@H]3[C@H]1C5.CN1CC[C@]23c4c5ccc(O)c4O[C@H]2C(=O)CC[C@H]3[C@H]1C5. The second kappa shape index (κ2) is 13.0. The number of likely N-dealkylation sites (tertiary alicyclic amines) is 3. The van der Waals surface area contributed by atoms with E-state index >= 15 is 0 Å². The Morgan fingerprint density at radius 1 is 0.476 bits per heavy atom. The fourth-order valence-electron chi connectivity index (χ4n) is 16.6. The second-order valence-electron chi connectivity index (χ2n) is 21.3. The van der Waals surface area contributed by atoms with Crippen LogP contribution in [0.25, 0.3) is 0 Å². The largest absolute Gasteiger partial charge is 0.504 e. The zero-order chi connectivity index (χ0) is 43.1. The molecule has 3 N–H and O–H groups in total. The highest BCUT2D eigenvalue weighted by Crippen LogP contribution is 2.66. The lowest BCUT2D eigenvalue weighted by Gasteiger charge is -2.57. The number of likely N-dealkylation sites (N-methyl/N-ethyl adjacent to an activating group) is 3. The highest BCUT2D eigenvalue weighted by Gasteiger charge is 2.68. The Bertz CT molecular complexity index is 2290. The Labute approximate surface area is 367 Å². The third-order valence-electron chi connectivity index (χ3n) is 19.2. The number of phenolic OH excluding ortho intramolecular Hbond substituents is 3. The molecule has 0 aromatic heterocycles. The van der Waals surface area contributed by atoms with Gasteiger partial charge in [0.1, 0.15) is 0 Å². The molecule has 12 aliphatic rings. The molecule has 6 aliphatic carbocycles. The van der Waals surface area contributed by atoms with Crippen LogP contribution < -0.4 is 14.2 Å². The number of ether oxygens (including phenoxy) is 3. The summed E-state index contributed by atoms with van der Waals surface area (Å²) in [5, 5.41) is 30.6. The minimum Gasteiger partial charge on any atom is -0.504 e. The van der Waals surface area contributed by atoms with E-state index in [1.165, 1.54) is 16.7 Å². The summed E-state index contributed by atoms with van der Waals surface area (Å²) >= 11 is 0. The van der Waals surface area contributed by atoms with Crippen LogP contribution in [0.2, 0.25) is 0 Å². The minimum atomic E-state index is -0.366. The van der Waals surface area contributed by atoms with Gasteiger partial charge in [0.05, 0.1) is 0 Å². The van der Waals surface area contributed by atoms with Crippen molar-refractivity contribution < 1.29 is 43.9 Å². The molecule has 12 atom stereocenters. The lowest BCUT2D eigenvalue weighted by Crippen LogP contribution is -2.65. The Hall–Kier alpha value is -4.65. The van der Waals surface area contributed by atoms with Gasteiger partial charge in [-0.1, -0.05) is 18.2 Å². The van der Waals surface area contributed by atoms with Crippen molar-refractivity contribution in [3.63, 3.8) is 0 Å². The third-order valence-corrected chi connectivity index (χ3v) is 19.2. The normalized spacial score (nSPS) is 39.9. The summed E-state index contributed by atoms with van der Waals surface area (Å²) in [6.07, 6.45) is 9.55. The third kappa shape index (κ3) is 4.70. The summed E-state index contributed by atoms with van der Waals surface area (Å²) in [6.45, 7) is 3.01. The van der Waals surface area contributed by atoms with Crippen molar-refractivity contribution in [1.82, 2.24) is 14.7 Å². The maximum atomic E-state index is 12.5. The van der Waals surface area contributed by atoms with Crippen LogP contribution in [0.1, 0.15) is 91.2 Å². The number of nitrogens with zero attached hydrogens (tertiary/aromatic N) is 3. The van der Waals surface area contributed by atoms with E-state index < -0.39 is 0 Å². The molecule has 12 heteroatoms. The number of aromatic hydroxyl groups is 3. The number of piperidine rings is 3. The monoisotopic (exact) mass is 855 g/mol. The molecular formula is C51H57N3O9. The van der Waals surface area contributed by atoms with Crippen LogP contribution in [0.4, 0.5) is 0 Å². The van der Waals surface area contributed by atoms with Gasteiger partial charge in [-0.15, -0.1) is 0 Å². The van der Waals surface area contributed by atoms with Crippen LogP contribution >= 0.6 is 0 Å². The molecule has 0 unspecified atom stereocenters. The van der Waals surface area contributed by atoms with E-state index in [4.69, 9.17) is 14.2 Å². The molecule has 12 nitrogen and oxygen atoms in total. The zero-order valence-electron chi connectivity index (χ0n) is 36.4. The highest BCUT2D eigenvalue weighted by atomic mass is 16.5. The van der Waals surface area contributed by atoms with E-state index in [1.54, 1.807) is 18.2 Å². The molecular weight excluding hydrogens is 799 g/mol. The van der Waals surface area contributed by atoms with Gasteiger partial charge >= 0.3 is 0 Å². The molecule has 3 aromatic rings. The molecule has 6 heterocycles. The number of carbonyl (C=O) groups excluding carboxylic acids is 3. The average Bonchev–Trinajstić information content (AvgIpc) is 3.95. The number of hydrogen-bond donors (Lipinski definition) is 3. The first-order chi connectivity index (χ1) is 30.4. The molecule has 3 aromatic carbocycles. The van der Waals surface area contributed by atoms with Gasteiger partial charge in [0.25, 0.3) is 0 Å². The molecule has 0 amide bonds. The standard InChI is InChI=1S/3C17H19NO3/c3*1-18-7-6-17-10-3-5-13(20)16(17)21-15-12(19)4-2-9(14(15)17)8-11(10)18/h3*2,4,10-11,16,19H,3,5-8H2,1H3/t3*10-,11+,16-,17-/m000/s1. The van der Waals surface area contributed by atoms with Crippen molar-refractivity contribution in [2.45, 2.75) is 130 Å². The van der Waals surface area contributed by atoms with E-state index in [0.29, 0.717) is 72.4 Å². The molecule has 6 bridgehead atoms. The Morgan fingerprint density at radius 3 is 1.05 bits per heavy atom. The van der Waals surface area contributed by atoms with Gasteiger partial charge in [0.15, 0.2) is 70.2 Å². The van der Waals surface area contributed by atoms with Crippen LogP contribution in [0.5, 0.6) is 34.5 Å². The topological polar surface area (TPSA) is 149 Å². The van der Waals surface area contributed by atoms with Crippen molar-refractivity contribution in [3.05, 3.63) is 69.8 Å². The lowest BCUT2D eigenvalue weighted by molar-refractivity contribution is -0.138. The van der Waals surface area contributed by atoms with E-state index in [9.17, 15) is 29.7 Å². The quantitative estimate of drug-likeness (QED) is 0.283. The molecule has 15 rings (SSSR count). The number of rotatable bonds is 0. The van der Waals surface area contributed by atoms with Crippen LogP contribution in [-0.2, 0) is 49.9 Å². The molecule has 3 spiro atoms. The maximum Gasteiger partial charge on any atom is 0.174 e. The van der Waals surface area contributed by atoms with Gasteiger partial charge in [0.2, 0.25) is 0 Å². The zero-order valence-corrected chi connectivity index (χ0v) is 36.4. The van der Waals surface area contributed by atoms with Gasteiger partial charge in [-0.05, 0) is 151 Å². The number of hydrogen-bond acceptors (Lipinski definition) is 12. The average molecular weight is 856 g/mol. The predicted octanol–water partition coefficient (Wildman–Crippen LogP) is 4.89. The fourth-order valence-corrected chi connectivity index (χ4v) is 16.6. The minimum absolute atomic E-state index is 0.172. The Balaban J connectivity index is 0.0000000957. The molecule has 63 heavy (non-hydrogen) atoms. The summed E-state index contributed by atoms with van der Waals surface area (Å²) < 4.78 is 18.1. The summed E-state index contributed by atoms with van der Waals surface area (Å²) in [6, 6.07) is 12.8. The molecule has 3 saturated heterocycles. The van der Waals surface area contributed by atoms with Gasteiger partial charge in [-0.3, -0.25) is 14.4 Å². The van der Waals surface area contributed by atoms with E-state index in [0.717, 1.165) is 94.1 Å². The second-order valence-corrected chi connectivity index (χ2v) is 21.3. The summed E-state index contributed by atoms with van der Waals surface area (Å²) in [5.74, 6) is 4.49. The van der Waals surface area contributed by atoms with Gasteiger partial charge in [-0.2, -0.15) is 0 Å². The van der Waals surface area contributed by atoms with Crippen molar-refractivity contribution >= 4 is 17.3 Å². The summed E-state index contributed by atoms with van der Waals surface area (Å²) in [7, 11) is 6.60.